The van der Waals surface area contributed by atoms with Crippen molar-refractivity contribution in [1.29, 1.82) is 0 Å². The minimum atomic E-state index is -0.539. The maximum atomic E-state index is 14.3. The van der Waals surface area contributed by atoms with E-state index in [1.165, 1.54) is 24.3 Å². The van der Waals surface area contributed by atoms with E-state index in [1.54, 1.807) is 19.1 Å². The molecule has 0 saturated heterocycles. The van der Waals surface area contributed by atoms with Gasteiger partial charge in [0.05, 0.1) is 19.8 Å². The molecule has 0 fully saturated rings. The molecule has 2 aromatic rings. The molecule has 1 aromatic carbocycles. The summed E-state index contributed by atoms with van der Waals surface area (Å²) >= 11 is 1.21. The van der Waals surface area contributed by atoms with Gasteiger partial charge in [-0.2, -0.15) is 0 Å². The number of carbonyl (C=O) groups excluding carboxylic acids is 2. The Labute approximate surface area is 185 Å². The topological polar surface area (TPSA) is 80.8 Å². The van der Waals surface area contributed by atoms with Gasteiger partial charge >= 0.3 is 5.97 Å². The van der Waals surface area contributed by atoms with Gasteiger partial charge in [-0.1, -0.05) is 11.8 Å². The molecule has 0 spiro atoms. The zero-order valence-corrected chi connectivity index (χ0v) is 18.9. The second-order valence-electron chi connectivity index (χ2n) is 6.83. The minimum Gasteiger partial charge on any atom is -0.491 e. The first-order valence-electron chi connectivity index (χ1n) is 9.80. The fraction of sp³-hybridized carbons (Fsp3) is 0.409. The van der Waals surface area contributed by atoms with Gasteiger partial charge in [-0.3, -0.25) is 9.69 Å². The average Bonchev–Trinajstić information content (AvgIpc) is 3.08. The summed E-state index contributed by atoms with van der Waals surface area (Å²) in [4.78, 5) is 30.2. The van der Waals surface area contributed by atoms with Crippen molar-refractivity contribution in [2.75, 3.05) is 39.2 Å². The van der Waals surface area contributed by atoms with Crippen molar-refractivity contribution in [3.8, 4) is 17.6 Å². The van der Waals surface area contributed by atoms with Gasteiger partial charge in [0.2, 0.25) is 5.91 Å². The van der Waals surface area contributed by atoms with Crippen LogP contribution in [0.1, 0.15) is 41.2 Å². The van der Waals surface area contributed by atoms with Gasteiger partial charge < -0.3 is 14.8 Å². The van der Waals surface area contributed by atoms with E-state index in [-0.39, 0.29) is 30.6 Å². The summed E-state index contributed by atoms with van der Waals surface area (Å²) in [7, 11) is 3.82. The second kappa shape index (κ2) is 12.0. The van der Waals surface area contributed by atoms with Crippen LogP contribution in [0.5, 0.6) is 5.75 Å². The van der Waals surface area contributed by atoms with E-state index in [0.29, 0.717) is 35.0 Å². The Balaban J connectivity index is 1.95. The number of ether oxygens (including phenoxy) is 2. The van der Waals surface area contributed by atoms with Crippen LogP contribution in [0.2, 0.25) is 0 Å². The molecule has 1 heterocycles. The summed E-state index contributed by atoms with van der Waals surface area (Å²) in [5, 5.41) is 2.91. The molecule has 31 heavy (non-hydrogen) atoms. The van der Waals surface area contributed by atoms with Crippen LogP contribution in [0.3, 0.4) is 0 Å². The Kier molecular flexibility index (Phi) is 9.43. The lowest BCUT2D eigenvalue weighted by Crippen LogP contribution is -2.10. The maximum absolute atomic E-state index is 14.3. The zero-order chi connectivity index (χ0) is 22.8. The first kappa shape index (κ1) is 24.3. The first-order chi connectivity index (χ1) is 14.8. The number of carbonyl (C=O) groups is 2. The number of esters is 1. The third-order valence-corrected chi connectivity index (χ3v) is 4.85. The second-order valence-corrected chi connectivity index (χ2v) is 7.91. The fourth-order valence-corrected chi connectivity index (χ4v) is 3.53. The molecule has 2 rings (SSSR count). The van der Waals surface area contributed by atoms with Gasteiger partial charge in [0.25, 0.3) is 0 Å². The van der Waals surface area contributed by atoms with Crippen LogP contribution in [-0.2, 0) is 16.0 Å². The predicted octanol–water partition coefficient (Wildman–Crippen LogP) is 3.34. The summed E-state index contributed by atoms with van der Waals surface area (Å²) < 4.78 is 24.8. The third kappa shape index (κ3) is 8.00. The number of amides is 1. The molecule has 7 nitrogen and oxygen atoms in total. The quantitative estimate of drug-likeness (QED) is 0.361. The summed E-state index contributed by atoms with van der Waals surface area (Å²) in [6.45, 7) is 4.14. The molecule has 0 bridgehead atoms. The van der Waals surface area contributed by atoms with E-state index in [2.05, 4.69) is 22.1 Å². The highest BCUT2D eigenvalue weighted by Crippen LogP contribution is 2.26. The molecule has 0 aliphatic rings. The lowest BCUT2D eigenvalue weighted by molar-refractivity contribution is -0.114. The van der Waals surface area contributed by atoms with Crippen molar-refractivity contribution in [2.45, 2.75) is 26.7 Å². The molecule has 0 aliphatic heterocycles. The molecule has 9 heteroatoms. The smallest absolute Gasteiger partial charge is 0.358 e. The van der Waals surface area contributed by atoms with Gasteiger partial charge in [0.1, 0.15) is 0 Å². The van der Waals surface area contributed by atoms with E-state index >= 15 is 0 Å². The SMILES string of the molecule is CCOC(=O)c1nc(NC(C)=O)sc1CCCOc1ccc(C#CCN(C)C)cc1F. The van der Waals surface area contributed by atoms with Crippen molar-refractivity contribution in [3.63, 3.8) is 0 Å². The molecule has 166 valence electrons. The summed E-state index contributed by atoms with van der Waals surface area (Å²) in [5.41, 5.74) is 0.767. The van der Waals surface area contributed by atoms with Crippen LogP contribution < -0.4 is 10.1 Å². The molecule has 0 unspecified atom stereocenters. The van der Waals surface area contributed by atoms with Gasteiger partial charge in [0.15, 0.2) is 22.4 Å². The lowest BCUT2D eigenvalue weighted by Gasteiger charge is -2.07. The average molecular weight is 448 g/mol. The first-order valence-corrected chi connectivity index (χ1v) is 10.6. The molecule has 0 aliphatic carbocycles. The van der Waals surface area contributed by atoms with E-state index < -0.39 is 11.8 Å². The van der Waals surface area contributed by atoms with Gasteiger partial charge in [0, 0.05) is 17.4 Å². The van der Waals surface area contributed by atoms with Crippen molar-refractivity contribution < 1.29 is 23.5 Å². The molecule has 0 radical (unpaired) electrons. The van der Waals surface area contributed by atoms with Crippen molar-refractivity contribution in [2.24, 2.45) is 0 Å². The summed E-state index contributed by atoms with van der Waals surface area (Å²) in [5.74, 6) is 4.72. The number of hydrogen-bond acceptors (Lipinski definition) is 7. The van der Waals surface area contributed by atoms with Gasteiger partial charge in [-0.15, -0.1) is 11.3 Å². The molecule has 1 amide bonds. The Morgan fingerprint density at radius 2 is 2.10 bits per heavy atom. The Hall–Kier alpha value is -2.96. The van der Waals surface area contributed by atoms with Crippen LogP contribution in [0.15, 0.2) is 18.2 Å². The highest BCUT2D eigenvalue weighted by molar-refractivity contribution is 7.16. The Morgan fingerprint density at radius 1 is 1.32 bits per heavy atom. The number of nitrogens with one attached hydrogen (secondary N) is 1. The lowest BCUT2D eigenvalue weighted by atomic mass is 10.2. The maximum Gasteiger partial charge on any atom is 0.358 e. The number of benzene rings is 1. The molecular weight excluding hydrogens is 421 g/mol. The van der Waals surface area contributed by atoms with Crippen LogP contribution in [0.4, 0.5) is 9.52 Å². The number of anilines is 1. The van der Waals surface area contributed by atoms with Gasteiger partial charge in [-0.05, 0) is 52.1 Å². The van der Waals surface area contributed by atoms with E-state index in [0.717, 1.165) is 0 Å². The van der Waals surface area contributed by atoms with E-state index in [4.69, 9.17) is 9.47 Å². The van der Waals surface area contributed by atoms with Gasteiger partial charge in [-0.25, -0.2) is 14.2 Å². The van der Waals surface area contributed by atoms with Crippen LogP contribution in [-0.4, -0.2) is 55.6 Å². The van der Waals surface area contributed by atoms with Crippen molar-refractivity contribution in [1.82, 2.24) is 9.88 Å². The third-order valence-electron chi connectivity index (χ3n) is 3.81. The number of rotatable bonds is 9. The van der Waals surface area contributed by atoms with E-state index in [1.807, 2.05) is 19.0 Å². The largest absolute Gasteiger partial charge is 0.491 e. The number of aryl methyl sites for hydroxylation is 1. The van der Waals surface area contributed by atoms with Crippen molar-refractivity contribution >= 4 is 28.3 Å². The monoisotopic (exact) mass is 447 g/mol. The van der Waals surface area contributed by atoms with Crippen LogP contribution in [0, 0.1) is 17.7 Å². The zero-order valence-electron chi connectivity index (χ0n) is 18.1. The van der Waals surface area contributed by atoms with Crippen molar-refractivity contribution in [3.05, 3.63) is 40.2 Å². The summed E-state index contributed by atoms with van der Waals surface area (Å²) in [6.07, 6.45) is 0.999. The Morgan fingerprint density at radius 3 is 2.74 bits per heavy atom. The predicted molar refractivity (Wildman–Crippen MR) is 118 cm³/mol. The standard InChI is InChI=1S/C22H26FN3O4S/c1-5-29-21(28)20-19(31-22(25-20)24-15(2)27)9-7-13-30-18-11-10-16(14-17(18)23)8-6-12-26(3)4/h10-11,14H,5,7,9,12-13H2,1-4H3,(H,24,25,27). The molecular formula is C22H26FN3O4S. The normalized spacial score (nSPS) is 10.4. The highest BCUT2D eigenvalue weighted by atomic mass is 32.1. The molecule has 0 atom stereocenters. The molecule has 0 saturated carbocycles. The van der Waals surface area contributed by atoms with Crippen LogP contribution in [0.25, 0.3) is 0 Å². The molecule has 1 N–H and O–H groups in total. The number of nitrogens with zero attached hydrogens (tertiary/aromatic N) is 2. The number of aromatic nitrogens is 1. The fourth-order valence-electron chi connectivity index (χ4n) is 2.49. The molecule has 1 aromatic heterocycles. The summed E-state index contributed by atoms with van der Waals surface area (Å²) in [6, 6.07) is 4.61. The number of thiazole rings is 1. The minimum absolute atomic E-state index is 0.145. The highest BCUT2D eigenvalue weighted by Gasteiger charge is 2.19. The van der Waals surface area contributed by atoms with Crippen LogP contribution >= 0.6 is 11.3 Å². The van der Waals surface area contributed by atoms with E-state index in [9.17, 15) is 14.0 Å². The Bertz CT molecular complexity index is 979. The number of halogens is 1. The number of hydrogen-bond donors (Lipinski definition) is 1.